The zero-order valence-corrected chi connectivity index (χ0v) is 17.3. The summed E-state index contributed by atoms with van der Waals surface area (Å²) in [5.74, 6) is 0.963. The highest BCUT2D eigenvalue weighted by atomic mass is 35.5. The molecule has 3 fully saturated rings. The number of nitrogens with one attached hydrogen (secondary N) is 2. The van der Waals surface area contributed by atoms with Crippen molar-refractivity contribution in [1.82, 2.24) is 15.5 Å². The minimum absolute atomic E-state index is 0. The molecule has 2 heterocycles. The van der Waals surface area contributed by atoms with Gasteiger partial charge in [0.15, 0.2) is 0 Å². The van der Waals surface area contributed by atoms with Crippen molar-refractivity contribution in [2.45, 2.75) is 75.8 Å². The molecule has 26 heavy (non-hydrogen) atoms. The van der Waals surface area contributed by atoms with Gasteiger partial charge < -0.3 is 10.2 Å². The summed E-state index contributed by atoms with van der Waals surface area (Å²) < 4.78 is 0. The molecule has 5 nitrogen and oxygen atoms in total. The second-order valence-corrected chi connectivity index (χ2v) is 7.42. The van der Waals surface area contributed by atoms with Crippen LogP contribution < -0.4 is 10.6 Å². The van der Waals surface area contributed by atoms with Crippen LogP contribution >= 0.6 is 24.8 Å². The van der Waals surface area contributed by atoms with Gasteiger partial charge in [0.25, 0.3) is 0 Å². The molecule has 0 bridgehead atoms. The second kappa shape index (κ2) is 11.2. The fraction of sp³-hybridized carbons (Fsp3) is 0.789. The summed E-state index contributed by atoms with van der Waals surface area (Å²) in [6, 6.07) is 0.464. The lowest BCUT2D eigenvalue weighted by molar-refractivity contribution is 0.149. The van der Waals surface area contributed by atoms with Crippen molar-refractivity contribution in [3.05, 3.63) is 12.7 Å². The van der Waals surface area contributed by atoms with Crippen molar-refractivity contribution in [1.29, 1.82) is 0 Å². The minimum Gasteiger partial charge on any atom is -0.317 e. The molecule has 1 aliphatic carbocycles. The smallest absolute Gasteiger partial charge is 0.317 e. The van der Waals surface area contributed by atoms with Crippen LogP contribution in [0.15, 0.2) is 17.6 Å². The molecule has 2 N–H and O–H groups in total. The van der Waals surface area contributed by atoms with Gasteiger partial charge >= 0.3 is 6.03 Å². The van der Waals surface area contributed by atoms with Crippen LogP contribution in [0.4, 0.5) is 4.79 Å². The van der Waals surface area contributed by atoms with E-state index in [1.165, 1.54) is 32.1 Å². The molecule has 2 saturated heterocycles. The molecule has 0 aromatic rings. The lowest BCUT2D eigenvalue weighted by Gasteiger charge is -2.40. The largest absolute Gasteiger partial charge is 0.323 e. The molecule has 0 aromatic carbocycles. The summed E-state index contributed by atoms with van der Waals surface area (Å²) in [4.78, 5) is 19.8. The predicted molar refractivity (Wildman–Crippen MR) is 113 cm³/mol. The summed E-state index contributed by atoms with van der Waals surface area (Å²) in [5.41, 5.74) is -0.187. The van der Waals surface area contributed by atoms with Gasteiger partial charge in [0.1, 0.15) is 11.4 Å². The number of aliphatic imine (C=N–C) groups is 1. The van der Waals surface area contributed by atoms with E-state index >= 15 is 0 Å². The quantitative estimate of drug-likeness (QED) is 0.517. The number of amidine groups is 1. The maximum Gasteiger partial charge on any atom is 0.323 e. The SMILES string of the molecule is C=CCCCCN1C(=O)NC(=NC2CCCCC2)C12CCNCC2.Cl.Cl. The number of piperidine rings is 1. The number of allylic oxidation sites excluding steroid dienone is 1. The van der Waals surface area contributed by atoms with Gasteiger partial charge in [-0.05, 0) is 58.0 Å². The first-order valence-corrected chi connectivity index (χ1v) is 9.75. The summed E-state index contributed by atoms with van der Waals surface area (Å²) in [6.07, 6.45) is 13.3. The minimum atomic E-state index is -0.187. The molecule has 3 aliphatic rings. The van der Waals surface area contributed by atoms with Crippen molar-refractivity contribution in [3.8, 4) is 0 Å². The van der Waals surface area contributed by atoms with Crippen LogP contribution in [0.5, 0.6) is 0 Å². The molecule has 2 amide bonds. The van der Waals surface area contributed by atoms with Crippen LogP contribution in [0.25, 0.3) is 0 Å². The van der Waals surface area contributed by atoms with E-state index in [1.54, 1.807) is 0 Å². The third-order valence-electron chi connectivity index (χ3n) is 5.79. The van der Waals surface area contributed by atoms with Gasteiger partial charge in [0, 0.05) is 6.54 Å². The van der Waals surface area contributed by atoms with Gasteiger partial charge in [-0.15, -0.1) is 31.4 Å². The van der Waals surface area contributed by atoms with Crippen LogP contribution in [0, 0.1) is 0 Å². The highest BCUT2D eigenvalue weighted by Crippen LogP contribution is 2.33. The Morgan fingerprint density at radius 3 is 2.50 bits per heavy atom. The number of hydrogen-bond donors (Lipinski definition) is 2. The molecule has 0 aromatic heterocycles. The number of unbranched alkanes of at least 4 members (excludes halogenated alkanes) is 2. The average Bonchev–Trinajstić information content (AvgIpc) is 2.85. The van der Waals surface area contributed by atoms with E-state index in [0.717, 1.165) is 57.6 Å². The lowest BCUT2D eigenvalue weighted by atomic mass is 9.85. The van der Waals surface area contributed by atoms with E-state index in [2.05, 4.69) is 22.1 Å². The first-order valence-electron chi connectivity index (χ1n) is 9.75. The molecule has 150 valence electrons. The Labute approximate surface area is 170 Å². The van der Waals surface area contributed by atoms with Crippen LogP contribution in [0.3, 0.4) is 0 Å². The van der Waals surface area contributed by atoms with E-state index in [1.807, 2.05) is 6.08 Å². The normalized spacial score (nSPS) is 24.1. The lowest BCUT2D eigenvalue weighted by Crippen LogP contribution is -2.56. The number of hydrogen-bond acceptors (Lipinski definition) is 3. The maximum atomic E-state index is 12.7. The molecule has 1 saturated carbocycles. The molecular formula is C19H34Cl2N4O. The molecule has 3 rings (SSSR count). The Balaban J connectivity index is 0.00000169. The molecule has 0 atom stereocenters. The number of nitrogens with zero attached hydrogens (tertiary/aromatic N) is 2. The number of rotatable bonds is 6. The Morgan fingerprint density at radius 1 is 1.15 bits per heavy atom. The fourth-order valence-electron chi connectivity index (χ4n) is 4.37. The van der Waals surface area contributed by atoms with Crippen LogP contribution in [-0.4, -0.2) is 48.0 Å². The molecule has 7 heteroatoms. The van der Waals surface area contributed by atoms with E-state index in [4.69, 9.17) is 4.99 Å². The maximum absolute atomic E-state index is 12.7. The number of amides is 2. The van der Waals surface area contributed by atoms with Gasteiger partial charge in [-0.3, -0.25) is 10.3 Å². The first-order chi connectivity index (χ1) is 11.8. The molecular weight excluding hydrogens is 371 g/mol. The van der Waals surface area contributed by atoms with Gasteiger partial charge in [0.2, 0.25) is 0 Å². The Kier molecular flexibility index (Phi) is 9.98. The van der Waals surface area contributed by atoms with Gasteiger partial charge in [-0.1, -0.05) is 25.3 Å². The Bertz CT molecular complexity index is 486. The zero-order valence-electron chi connectivity index (χ0n) is 15.7. The summed E-state index contributed by atoms with van der Waals surface area (Å²) >= 11 is 0. The summed E-state index contributed by atoms with van der Waals surface area (Å²) in [6.45, 7) is 6.53. The van der Waals surface area contributed by atoms with Crippen molar-refractivity contribution < 1.29 is 4.79 Å². The first kappa shape index (κ1) is 23.3. The highest BCUT2D eigenvalue weighted by Gasteiger charge is 2.51. The van der Waals surface area contributed by atoms with Crippen LogP contribution in [0.2, 0.25) is 0 Å². The van der Waals surface area contributed by atoms with Gasteiger partial charge in [-0.2, -0.15) is 0 Å². The van der Waals surface area contributed by atoms with Crippen LogP contribution in [-0.2, 0) is 0 Å². The fourth-order valence-corrected chi connectivity index (χ4v) is 4.37. The Hall–Kier alpha value is -0.780. The molecule has 0 radical (unpaired) electrons. The van der Waals surface area contributed by atoms with Gasteiger partial charge in [-0.25, -0.2) is 4.79 Å². The Morgan fingerprint density at radius 2 is 1.85 bits per heavy atom. The standard InChI is InChI=1S/C19H32N4O.2ClH/c1-2-3-4-8-15-23-18(24)22-17(19(23)11-13-20-14-12-19)21-16-9-6-5-7-10-16;;/h2,16,20H,1,3-15H2,(H,21,22,24);2*1H. The van der Waals surface area contributed by atoms with Crippen molar-refractivity contribution in [2.24, 2.45) is 4.99 Å². The van der Waals surface area contributed by atoms with Crippen molar-refractivity contribution in [3.63, 3.8) is 0 Å². The summed E-state index contributed by atoms with van der Waals surface area (Å²) in [5, 5.41) is 6.58. The number of carbonyl (C=O) groups excluding carboxylic acids is 1. The number of urea groups is 1. The third kappa shape index (κ3) is 5.14. The average molecular weight is 405 g/mol. The van der Waals surface area contributed by atoms with Crippen molar-refractivity contribution in [2.75, 3.05) is 19.6 Å². The van der Waals surface area contributed by atoms with Crippen molar-refractivity contribution >= 4 is 36.7 Å². The van der Waals surface area contributed by atoms with Crippen LogP contribution in [0.1, 0.15) is 64.2 Å². The van der Waals surface area contributed by atoms with E-state index in [9.17, 15) is 4.79 Å². The topological polar surface area (TPSA) is 56.7 Å². The highest BCUT2D eigenvalue weighted by molar-refractivity contribution is 6.10. The van der Waals surface area contributed by atoms with E-state index < -0.39 is 0 Å². The number of carbonyl (C=O) groups is 1. The van der Waals surface area contributed by atoms with E-state index in [-0.39, 0.29) is 36.4 Å². The number of halogens is 2. The second-order valence-electron chi connectivity index (χ2n) is 7.42. The van der Waals surface area contributed by atoms with Gasteiger partial charge in [0.05, 0.1) is 6.04 Å². The van der Waals surface area contributed by atoms with E-state index in [0.29, 0.717) is 6.04 Å². The summed E-state index contributed by atoms with van der Waals surface area (Å²) in [7, 11) is 0. The molecule has 2 aliphatic heterocycles. The predicted octanol–water partition coefficient (Wildman–Crippen LogP) is 4.06. The molecule has 1 spiro atoms. The molecule has 0 unspecified atom stereocenters. The monoisotopic (exact) mass is 404 g/mol. The third-order valence-corrected chi connectivity index (χ3v) is 5.79. The zero-order chi connectivity index (χ0) is 16.8.